The number of benzene rings is 2. The lowest BCUT2D eigenvalue weighted by Crippen LogP contribution is -1.99. The normalized spacial score (nSPS) is 11.3. The first kappa shape index (κ1) is 17.0. The van der Waals surface area contributed by atoms with E-state index in [-0.39, 0.29) is 5.75 Å². The minimum atomic E-state index is 0.164. The first-order valence-corrected chi connectivity index (χ1v) is 9.40. The lowest BCUT2D eigenvalue weighted by Gasteiger charge is -2.03. The maximum atomic E-state index is 9.83. The Labute approximate surface area is 159 Å². The van der Waals surface area contributed by atoms with E-state index in [4.69, 9.17) is 0 Å². The molecular formula is C19H16N6OS. The molecule has 27 heavy (non-hydrogen) atoms. The van der Waals surface area contributed by atoms with E-state index in [9.17, 15) is 5.11 Å². The summed E-state index contributed by atoms with van der Waals surface area (Å²) in [6.45, 7) is 0. The zero-order chi connectivity index (χ0) is 18.6. The number of phenolic OH excluding ortho intramolecular Hbond substituents is 1. The van der Waals surface area contributed by atoms with Crippen LogP contribution >= 0.6 is 11.8 Å². The predicted octanol–water partition coefficient (Wildman–Crippen LogP) is 3.69. The van der Waals surface area contributed by atoms with Crippen molar-refractivity contribution >= 4 is 34.8 Å². The van der Waals surface area contributed by atoms with Gasteiger partial charge in [-0.15, -0.1) is 11.8 Å². The number of nitrogens with one attached hydrogen (secondary N) is 1. The van der Waals surface area contributed by atoms with Crippen molar-refractivity contribution in [1.29, 1.82) is 0 Å². The molecule has 0 saturated carbocycles. The van der Waals surface area contributed by atoms with Gasteiger partial charge in [0, 0.05) is 5.56 Å². The number of aromatic nitrogens is 4. The second kappa shape index (κ2) is 7.46. The van der Waals surface area contributed by atoms with Crippen LogP contribution in [0.2, 0.25) is 0 Å². The quantitative estimate of drug-likeness (QED) is 0.314. The fourth-order valence-corrected chi connectivity index (χ4v) is 3.21. The van der Waals surface area contributed by atoms with Crippen molar-refractivity contribution in [2.24, 2.45) is 5.10 Å². The first-order valence-electron chi connectivity index (χ1n) is 8.18. The van der Waals surface area contributed by atoms with Crippen molar-refractivity contribution in [3.05, 3.63) is 66.5 Å². The number of hydrogen-bond acceptors (Lipinski definition) is 7. The van der Waals surface area contributed by atoms with Gasteiger partial charge in [0.05, 0.1) is 17.3 Å². The third-order valence-corrected chi connectivity index (χ3v) is 4.61. The van der Waals surface area contributed by atoms with E-state index in [0.29, 0.717) is 17.0 Å². The Balaban J connectivity index is 1.74. The van der Waals surface area contributed by atoms with Gasteiger partial charge in [0.1, 0.15) is 17.1 Å². The molecule has 0 aliphatic carbocycles. The number of aromatic hydroxyl groups is 1. The SMILES string of the molecule is CSc1nn(-c2ccccc2)c2ncnc(N/N=C/c3ccccc3O)c12. The maximum Gasteiger partial charge on any atom is 0.169 e. The molecule has 0 aliphatic rings. The molecule has 2 N–H and O–H groups in total. The summed E-state index contributed by atoms with van der Waals surface area (Å²) in [4.78, 5) is 8.72. The summed E-state index contributed by atoms with van der Waals surface area (Å²) in [6, 6.07) is 16.8. The van der Waals surface area contributed by atoms with Crippen LogP contribution in [0.3, 0.4) is 0 Å². The molecule has 0 amide bonds. The van der Waals surface area contributed by atoms with Crippen molar-refractivity contribution in [1.82, 2.24) is 19.7 Å². The summed E-state index contributed by atoms with van der Waals surface area (Å²) < 4.78 is 1.79. The molecule has 0 spiro atoms. The molecule has 8 heteroatoms. The number of hydrogen-bond donors (Lipinski definition) is 2. The lowest BCUT2D eigenvalue weighted by molar-refractivity contribution is 0.474. The molecule has 2 aromatic carbocycles. The Kier molecular flexibility index (Phi) is 4.71. The standard InChI is InChI=1S/C19H16N6OS/c1-27-19-16-17(23-22-11-13-7-5-6-10-15(13)26)20-12-21-18(16)25(24-19)14-8-3-2-4-9-14/h2-12,26H,1H3,(H,20,21,23)/b22-11+. The number of fused-ring (bicyclic) bond motifs is 1. The monoisotopic (exact) mass is 376 g/mol. The van der Waals surface area contributed by atoms with Gasteiger partial charge in [-0.25, -0.2) is 14.6 Å². The highest BCUT2D eigenvalue weighted by molar-refractivity contribution is 7.98. The molecule has 0 bridgehead atoms. The molecule has 4 rings (SSSR count). The van der Waals surface area contributed by atoms with Crippen molar-refractivity contribution in [2.45, 2.75) is 5.03 Å². The zero-order valence-electron chi connectivity index (χ0n) is 14.4. The number of rotatable bonds is 5. The number of para-hydroxylation sites is 2. The van der Waals surface area contributed by atoms with Crippen LogP contribution < -0.4 is 5.43 Å². The van der Waals surface area contributed by atoms with Crippen molar-refractivity contribution < 1.29 is 5.11 Å². The predicted molar refractivity (Wildman–Crippen MR) is 108 cm³/mol. The Morgan fingerprint density at radius 2 is 1.85 bits per heavy atom. The molecule has 0 radical (unpaired) electrons. The number of nitrogens with zero attached hydrogens (tertiary/aromatic N) is 5. The van der Waals surface area contributed by atoms with Gasteiger partial charge >= 0.3 is 0 Å². The number of anilines is 1. The van der Waals surface area contributed by atoms with Gasteiger partial charge in [-0.2, -0.15) is 10.2 Å². The van der Waals surface area contributed by atoms with Crippen LogP contribution in [0, 0.1) is 0 Å². The van der Waals surface area contributed by atoms with Gasteiger partial charge in [0.2, 0.25) is 0 Å². The summed E-state index contributed by atoms with van der Waals surface area (Å²) in [5, 5.41) is 20.3. The molecule has 0 unspecified atom stereocenters. The van der Waals surface area contributed by atoms with Crippen LogP contribution in [-0.2, 0) is 0 Å². The van der Waals surface area contributed by atoms with Crippen LogP contribution in [0.5, 0.6) is 5.75 Å². The minimum absolute atomic E-state index is 0.164. The molecule has 0 atom stereocenters. The highest BCUT2D eigenvalue weighted by atomic mass is 32.2. The molecule has 4 aromatic rings. The van der Waals surface area contributed by atoms with E-state index in [1.807, 2.05) is 42.7 Å². The minimum Gasteiger partial charge on any atom is -0.507 e. The second-order valence-electron chi connectivity index (χ2n) is 5.61. The lowest BCUT2D eigenvalue weighted by atomic mass is 10.2. The summed E-state index contributed by atoms with van der Waals surface area (Å²) in [7, 11) is 0. The highest BCUT2D eigenvalue weighted by Crippen LogP contribution is 2.31. The van der Waals surface area contributed by atoms with Crippen LogP contribution in [-0.4, -0.2) is 37.3 Å². The summed E-state index contributed by atoms with van der Waals surface area (Å²) >= 11 is 1.52. The van der Waals surface area contributed by atoms with Crippen LogP contribution in [0.25, 0.3) is 16.7 Å². The van der Waals surface area contributed by atoms with Crippen LogP contribution in [0.4, 0.5) is 5.82 Å². The van der Waals surface area contributed by atoms with Crippen LogP contribution in [0.1, 0.15) is 5.56 Å². The van der Waals surface area contributed by atoms with E-state index >= 15 is 0 Å². The van der Waals surface area contributed by atoms with E-state index in [1.54, 1.807) is 29.1 Å². The average molecular weight is 376 g/mol. The van der Waals surface area contributed by atoms with Crippen molar-refractivity contribution in [2.75, 3.05) is 11.7 Å². The first-order chi connectivity index (χ1) is 13.3. The van der Waals surface area contributed by atoms with Crippen molar-refractivity contribution in [3.63, 3.8) is 0 Å². The molecular weight excluding hydrogens is 360 g/mol. The van der Waals surface area contributed by atoms with Gasteiger partial charge < -0.3 is 5.11 Å². The van der Waals surface area contributed by atoms with Crippen molar-refractivity contribution in [3.8, 4) is 11.4 Å². The van der Waals surface area contributed by atoms with Crippen LogP contribution in [0.15, 0.2) is 71.1 Å². The fourth-order valence-electron chi connectivity index (χ4n) is 2.66. The van der Waals surface area contributed by atoms with Gasteiger partial charge in [0.15, 0.2) is 11.5 Å². The molecule has 0 fully saturated rings. The maximum absolute atomic E-state index is 9.83. The summed E-state index contributed by atoms with van der Waals surface area (Å²) in [5.41, 5.74) is 5.17. The van der Waals surface area contributed by atoms with Gasteiger partial charge in [-0.05, 0) is 30.5 Å². The molecule has 2 aromatic heterocycles. The Morgan fingerprint density at radius 1 is 1.07 bits per heavy atom. The molecule has 0 aliphatic heterocycles. The third-order valence-electron chi connectivity index (χ3n) is 3.94. The third kappa shape index (κ3) is 3.34. The smallest absolute Gasteiger partial charge is 0.169 e. The largest absolute Gasteiger partial charge is 0.507 e. The summed E-state index contributed by atoms with van der Waals surface area (Å²) in [5.74, 6) is 0.718. The highest BCUT2D eigenvalue weighted by Gasteiger charge is 2.17. The second-order valence-corrected chi connectivity index (χ2v) is 6.40. The number of hydrazone groups is 1. The zero-order valence-corrected chi connectivity index (χ0v) is 15.3. The molecule has 134 valence electrons. The Bertz CT molecular complexity index is 1110. The average Bonchev–Trinajstić information content (AvgIpc) is 3.10. The molecule has 0 saturated heterocycles. The Hall–Kier alpha value is -3.39. The van der Waals surface area contributed by atoms with Gasteiger partial charge in [0.25, 0.3) is 0 Å². The number of phenols is 1. The van der Waals surface area contributed by atoms with Gasteiger partial charge in [-0.3, -0.25) is 5.43 Å². The topological polar surface area (TPSA) is 88.2 Å². The van der Waals surface area contributed by atoms with E-state index in [0.717, 1.165) is 16.1 Å². The summed E-state index contributed by atoms with van der Waals surface area (Å²) in [6.07, 6.45) is 4.98. The van der Waals surface area contributed by atoms with E-state index in [1.165, 1.54) is 18.1 Å². The van der Waals surface area contributed by atoms with E-state index < -0.39 is 0 Å². The molecule has 7 nitrogen and oxygen atoms in total. The molecule has 2 heterocycles. The number of thioether (sulfide) groups is 1. The fraction of sp³-hybridized carbons (Fsp3) is 0.0526. The Morgan fingerprint density at radius 3 is 2.63 bits per heavy atom. The van der Waals surface area contributed by atoms with E-state index in [2.05, 4.69) is 25.6 Å². The van der Waals surface area contributed by atoms with Gasteiger partial charge in [-0.1, -0.05) is 30.3 Å².